The molecule has 1 saturated heterocycles. The van der Waals surface area contributed by atoms with E-state index in [9.17, 15) is 4.79 Å². The summed E-state index contributed by atoms with van der Waals surface area (Å²) in [5.74, 6) is 0. The summed E-state index contributed by atoms with van der Waals surface area (Å²) in [6.45, 7) is 10.2. The van der Waals surface area contributed by atoms with Crippen molar-refractivity contribution in [1.29, 1.82) is 0 Å². The van der Waals surface area contributed by atoms with E-state index in [1.807, 2.05) is 102 Å². The predicted molar refractivity (Wildman–Crippen MR) is 124 cm³/mol. The van der Waals surface area contributed by atoms with Crippen LogP contribution in [0.4, 0.5) is 5.69 Å². The topological polar surface area (TPSA) is 43.7 Å². The highest BCUT2D eigenvalue weighted by molar-refractivity contribution is 6.62. The van der Waals surface area contributed by atoms with Crippen molar-refractivity contribution in [1.82, 2.24) is 4.57 Å². The third-order valence-corrected chi connectivity index (χ3v) is 6.52. The highest BCUT2D eigenvalue weighted by Gasteiger charge is 2.52. The summed E-state index contributed by atoms with van der Waals surface area (Å²) in [5, 5.41) is 1.63. The molecule has 0 atom stereocenters. The number of aromatic nitrogens is 1. The number of anilines is 1. The zero-order chi connectivity index (χ0) is 21.8. The van der Waals surface area contributed by atoms with Gasteiger partial charge in [0.25, 0.3) is 5.56 Å². The molecule has 6 heteroatoms. The molecule has 3 aromatic rings. The maximum Gasteiger partial charge on any atom is 0.495 e. The maximum absolute atomic E-state index is 13.3. The smallest absolute Gasteiger partial charge is 0.399 e. The monoisotopic (exact) mass is 404 g/mol. The van der Waals surface area contributed by atoms with Crippen LogP contribution in [0.25, 0.3) is 16.5 Å². The van der Waals surface area contributed by atoms with E-state index >= 15 is 0 Å². The average Bonchev–Trinajstić information content (AvgIpc) is 2.89. The Morgan fingerprint density at radius 1 is 0.967 bits per heavy atom. The van der Waals surface area contributed by atoms with Crippen molar-refractivity contribution in [2.75, 3.05) is 19.0 Å². The fourth-order valence-electron chi connectivity index (χ4n) is 3.83. The molecular formula is C24H29BN2O3. The molecule has 1 aliphatic rings. The molecule has 0 aliphatic carbocycles. The van der Waals surface area contributed by atoms with Gasteiger partial charge in [0.15, 0.2) is 0 Å². The molecule has 156 valence electrons. The van der Waals surface area contributed by atoms with Gasteiger partial charge in [-0.2, -0.15) is 0 Å². The van der Waals surface area contributed by atoms with Crippen LogP contribution in [0.3, 0.4) is 0 Å². The first kappa shape index (κ1) is 20.7. The molecule has 2 heterocycles. The normalized spacial score (nSPS) is 17.5. The fraction of sp³-hybridized carbons (Fsp3) is 0.375. The number of pyridine rings is 1. The second-order valence-corrected chi connectivity index (χ2v) is 9.24. The Balaban J connectivity index is 1.80. The first-order chi connectivity index (χ1) is 14.0. The quantitative estimate of drug-likeness (QED) is 0.625. The van der Waals surface area contributed by atoms with Crippen LogP contribution in [0.2, 0.25) is 0 Å². The highest BCUT2D eigenvalue weighted by atomic mass is 16.7. The van der Waals surface area contributed by atoms with Crippen LogP contribution < -0.4 is 15.9 Å². The lowest BCUT2D eigenvalue weighted by molar-refractivity contribution is 0.00578. The third-order valence-electron chi connectivity index (χ3n) is 6.52. The van der Waals surface area contributed by atoms with Crippen LogP contribution in [0.5, 0.6) is 0 Å². The molecular weight excluding hydrogens is 375 g/mol. The van der Waals surface area contributed by atoms with Gasteiger partial charge in [-0.15, -0.1) is 0 Å². The standard InChI is InChI=1S/C24H29BN2O3/c1-16-20(25-29-23(2,3)24(4,5)30-25)9-8-10-21(16)27-14-13-17-15-18(26(6)7)11-12-19(17)22(27)28/h8-15H,1-7H3. The summed E-state index contributed by atoms with van der Waals surface area (Å²) in [6.07, 6.45) is 1.85. The minimum Gasteiger partial charge on any atom is -0.399 e. The van der Waals surface area contributed by atoms with E-state index in [-0.39, 0.29) is 5.56 Å². The van der Waals surface area contributed by atoms with Crippen molar-refractivity contribution in [3.8, 4) is 5.69 Å². The summed E-state index contributed by atoms with van der Waals surface area (Å²) >= 11 is 0. The fourth-order valence-corrected chi connectivity index (χ4v) is 3.83. The van der Waals surface area contributed by atoms with Gasteiger partial charge in [0.1, 0.15) is 0 Å². The molecule has 0 N–H and O–H groups in total. The van der Waals surface area contributed by atoms with Gasteiger partial charge in [-0.05, 0) is 81.4 Å². The molecule has 0 bridgehead atoms. The van der Waals surface area contributed by atoms with Gasteiger partial charge in [0.05, 0.1) is 16.9 Å². The van der Waals surface area contributed by atoms with Gasteiger partial charge in [-0.25, -0.2) is 0 Å². The highest BCUT2D eigenvalue weighted by Crippen LogP contribution is 2.36. The van der Waals surface area contributed by atoms with Gasteiger partial charge in [-0.1, -0.05) is 12.1 Å². The minimum atomic E-state index is -0.464. The number of hydrogen-bond acceptors (Lipinski definition) is 4. The molecule has 1 aliphatic heterocycles. The Kier molecular flexibility index (Phi) is 4.83. The molecule has 0 amide bonds. The first-order valence-electron chi connectivity index (χ1n) is 10.3. The van der Waals surface area contributed by atoms with Crippen molar-refractivity contribution < 1.29 is 9.31 Å². The first-order valence-corrected chi connectivity index (χ1v) is 10.3. The summed E-state index contributed by atoms with van der Waals surface area (Å²) < 4.78 is 14.2. The summed E-state index contributed by atoms with van der Waals surface area (Å²) in [6, 6.07) is 13.8. The Bertz CT molecular complexity index is 1160. The Morgan fingerprint density at radius 3 is 2.27 bits per heavy atom. The predicted octanol–water partition coefficient (Wildman–Crippen LogP) is 3.66. The summed E-state index contributed by atoms with van der Waals surface area (Å²) in [7, 11) is 3.52. The van der Waals surface area contributed by atoms with Crippen LogP contribution in [-0.2, 0) is 9.31 Å². The van der Waals surface area contributed by atoms with Gasteiger partial charge in [-0.3, -0.25) is 9.36 Å². The Labute approximate surface area is 178 Å². The van der Waals surface area contributed by atoms with E-state index in [4.69, 9.17) is 9.31 Å². The molecule has 30 heavy (non-hydrogen) atoms. The van der Waals surface area contributed by atoms with Gasteiger partial charge in [0, 0.05) is 31.4 Å². The second kappa shape index (κ2) is 7.00. The molecule has 0 saturated carbocycles. The van der Waals surface area contributed by atoms with Crippen LogP contribution in [0.15, 0.2) is 53.5 Å². The van der Waals surface area contributed by atoms with Crippen molar-refractivity contribution in [3.05, 3.63) is 64.6 Å². The van der Waals surface area contributed by atoms with Gasteiger partial charge < -0.3 is 14.2 Å². The zero-order valence-corrected chi connectivity index (χ0v) is 18.8. The van der Waals surface area contributed by atoms with E-state index in [0.29, 0.717) is 5.39 Å². The van der Waals surface area contributed by atoms with Crippen molar-refractivity contribution in [2.24, 2.45) is 0 Å². The lowest BCUT2D eigenvalue weighted by Gasteiger charge is -2.32. The minimum absolute atomic E-state index is 0.0352. The Hall–Kier alpha value is -2.57. The molecule has 1 fully saturated rings. The van der Waals surface area contributed by atoms with Crippen LogP contribution >= 0.6 is 0 Å². The van der Waals surface area contributed by atoms with E-state index in [0.717, 1.165) is 27.8 Å². The number of nitrogens with zero attached hydrogens (tertiary/aromatic N) is 2. The molecule has 2 aromatic carbocycles. The van der Waals surface area contributed by atoms with Gasteiger partial charge in [0.2, 0.25) is 0 Å². The second-order valence-electron chi connectivity index (χ2n) is 9.24. The SMILES string of the molecule is Cc1c(B2OC(C)(C)C(C)(C)O2)cccc1-n1ccc2cc(N(C)C)ccc2c1=O. The zero-order valence-electron chi connectivity index (χ0n) is 18.8. The van der Waals surface area contributed by atoms with E-state index in [1.54, 1.807) is 4.57 Å². The molecule has 4 rings (SSSR count). The summed E-state index contributed by atoms with van der Waals surface area (Å²) in [5.41, 5.74) is 2.97. The Morgan fingerprint density at radius 2 is 1.63 bits per heavy atom. The van der Waals surface area contributed by atoms with E-state index in [1.165, 1.54) is 0 Å². The molecule has 0 unspecified atom stereocenters. The lowest BCUT2D eigenvalue weighted by atomic mass is 9.76. The van der Waals surface area contributed by atoms with Crippen molar-refractivity contribution >= 4 is 29.0 Å². The van der Waals surface area contributed by atoms with Crippen LogP contribution in [-0.4, -0.2) is 37.0 Å². The van der Waals surface area contributed by atoms with E-state index in [2.05, 4.69) is 0 Å². The van der Waals surface area contributed by atoms with Crippen LogP contribution in [0, 0.1) is 6.92 Å². The van der Waals surface area contributed by atoms with Crippen molar-refractivity contribution in [3.63, 3.8) is 0 Å². The van der Waals surface area contributed by atoms with Crippen LogP contribution in [0.1, 0.15) is 33.3 Å². The number of fused-ring (bicyclic) bond motifs is 1. The lowest BCUT2D eigenvalue weighted by Crippen LogP contribution is -2.41. The van der Waals surface area contributed by atoms with Crippen molar-refractivity contribution in [2.45, 2.75) is 45.8 Å². The number of rotatable bonds is 3. The molecule has 0 spiro atoms. The number of hydrogen-bond donors (Lipinski definition) is 0. The third kappa shape index (κ3) is 3.24. The molecule has 0 radical (unpaired) electrons. The molecule has 1 aromatic heterocycles. The largest absolute Gasteiger partial charge is 0.495 e. The number of benzene rings is 2. The van der Waals surface area contributed by atoms with E-state index < -0.39 is 18.3 Å². The van der Waals surface area contributed by atoms with Gasteiger partial charge >= 0.3 is 7.12 Å². The average molecular weight is 404 g/mol. The maximum atomic E-state index is 13.3. The molecule has 5 nitrogen and oxygen atoms in total. The summed E-state index contributed by atoms with van der Waals surface area (Å²) in [4.78, 5) is 15.3.